The Labute approximate surface area is 86.3 Å². The lowest BCUT2D eigenvalue weighted by molar-refractivity contribution is -0.165. The van der Waals surface area contributed by atoms with Gasteiger partial charge in [0.15, 0.2) is 5.41 Å². The molecule has 0 fully saturated rings. The number of rotatable bonds is 6. The van der Waals surface area contributed by atoms with Gasteiger partial charge in [-0.3, -0.25) is 9.59 Å². The third kappa shape index (κ3) is 3.12. The quantitative estimate of drug-likeness (QED) is 0.451. The number of urea groups is 1. The number of primary amides is 1. The van der Waals surface area contributed by atoms with Crippen LogP contribution in [-0.2, 0) is 9.59 Å². The fraction of sp³-hybridized carbons (Fsp3) is 0.625. The number of hydrogen-bond donors (Lipinski definition) is 4. The monoisotopic (exact) mass is 218 g/mol. The molecule has 0 rings (SSSR count). The number of nitrogens with two attached hydrogens (primary N) is 1. The van der Waals surface area contributed by atoms with E-state index in [2.05, 4.69) is 5.32 Å². The molecule has 7 nitrogen and oxygen atoms in total. The highest BCUT2D eigenvalue weighted by Gasteiger charge is 2.44. The number of hydrogen-bond acceptors (Lipinski definition) is 3. The van der Waals surface area contributed by atoms with Gasteiger partial charge in [-0.05, 0) is 12.8 Å². The number of nitrogens with one attached hydrogen (secondary N) is 1. The zero-order valence-electron chi connectivity index (χ0n) is 8.32. The van der Waals surface area contributed by atoms with Gasteiger partial charge in [0.05, 0.1) is 0 Å². The Morgan fingerprint density at radius 1 is 1.27 bits per heavy atom. The molecule has 0 unspecified atom stereocenters. The summed E-state index contributed by atoms with van der Waals surface area (Å²) in [4.78, 5) is 32.0. The van der Waals surface area contributed by atoms with E-state index in [0.29, 0.717) is 0 Å². The maximum absolute atomic E-state index is 10.8. The van der Waals surface area contributed by atoms with E-state index in [9.17, 15) is 14.4 Å². The summed E-state index contributed by atoms with van der Waals surface area (Å²) in [5, 5.41) is 19.8. The minimum absolute atomic E-state index is 0.0574. The van der Waals surface area contributed by atoms with Crippen LogP contribution in [0.5, 0.6) is 0 Å². The standard InChI is InChI=1S/C8H14N2O5/c1-2-8(5(11)12,6(13)14)3-4-10-7(9)15/h2-4H2,1H3,(H,11,12)(H,13,14)(H3,9,10,15). The van der Waals surface area contributed by atoms with Gasteiger partial charge in [0, 0.05) is 6.54 Å². The van der Waals surface area contributed by atoms with E-state index in [1.54, 1.807) is 0 Å². The third-order valence-electron chi connectivity index (χ3n) is 2.27. The fourth-order valence-electron chi connectivity index (χ4n) is 1.18. The van der Waals surface area contributed by atoms with Crippen molar-refractivity contribution in [3.05, 3.63) is 0 Å². The molecule has 0 radical (unpaired) electrons. The molecule has 0 saturated carbocycles. The Balaban J connectivity index is 4.57. The van der Waals surface area contributed by atoms with Crippen LogP contribution in [0.25, 0.3) is 0 Å². The average Bonchev–Trinajstić information content (AvgIpc) is 2.10. The summed E-state index contributed by atoms with van der Waals surface area (Å²) in [6.07, 6.45) is -0.255. The maximum atomic E-state index is 10.8. The van der Waals surface area contributed by atoms with Gasteiger partial charge in [-0.15, -0.1) is 0 Å². The number of amides is 2. The van der Waals surface area contributed by atoms with Gasteiger partial charge < -0.3 is 21.3 Å². The molecule has 0 atom stereocenters. The van der Waals surface area contributed by atoms with Crippen LogP contribution in [0.4, 0.5) is 4.79 Å². The summed E-state index contributed by atoms with van der Waals surface area (Å²) in [6.45, 7) is 1.38. The molecule has 86 valence electrons. The van der Waals surface area contributed by atoms with Crippen LogP contribution < -0.4 is 11.1 Å². The molecule has 0 aliphatic carbocycles. The highest BCUT2D eigenvalue weighted by molar-refractivity contribution is 5.98. The van der Waals surface area contributed by atoms with Gasteiger partial charge in [-0.1, -0.05) is 6.92 Å². The number of aliphatic carboxylic acids is 2. The molecular weight excluding hydrogens is 204 g/mol. The Bertz CT molecular complexity index is 262. The second-order valence-electron chi connectivity index (χ2n) is 3.09. The van der Waals surface area contributed by atoms with E-state index in [-0.39, 0.29) is 19.4 Å². The summed E-state index contributed by atoms with van der Waals surface area (Å²) in [6, 6.07) is -0.809. The van der Waals surface area contributed by atoms with Crippen molar-refractivity contribution in [2.24, 2.45) is 11.1 Å². The Hall–Kier alpha value is -1.79. The van der Waals surface area contributed by atoms with Crippen molar-refractivity contribution >= 4 is 18.0 Å². The van der Waals surface area contributed by atoms with Crippen LogP contribution in [0, 0.1) is 5.41 Å². The molecule has 0 aliphatic rings. The molecule has 0 aromatic carbocycles. The summed E-state index contributed by atoms with van der Waals surface area (Å²) in [7, 11) is 0. The van der Waals surface area contributed by atoms with Crippen LogP contribution in [-0.4, -0.2) is 34.7 Å². The molecule has 0 spiro atoms. The highest BCUT2D eigenvalue weighted by Crippen LogP contribution is 2.26. The molecule has 2 amide bonds. The summed E-state index contributed by atoms with van der Waals surface area (Å²) in [5.41, 5.74) is 2.91. The smallest absolute Gasteiger partial charge is 0.321 e. The van der Waals surface area contributed by atoms with E-state index in [1.165, 1.54) is 6.92 Å². The summed E-state index contributed by atoms with van der Waals surface area (Å²) in [5.74, 6) is -2.83. The van der Waals surface area contributed by atoms with Gasteiger partial charge in [-0.2, -0.15) is 0 Å². The molecule has 0 heterocycles. The van der Waals surface area contributed by atoms with Gasteiger partial charge in [0.1, 0.15) is 0 Å². The fourth-order valence-corrected chi connectivity index (χ4v) is 1.18. The van der Waals surface area contributed by atoms with Gasteiger partial charge in [0.2, 0.25) is 0 Å². The predicted molar refractivity (Wildman–Crippen MR) is 50.2 cm³/mol. The molecule has 5 N–H and O–H groups in total. The van der Waals surface area contributed by atoms with E-state index >= 15 is 0 Å². The number of carbonyl (C=O) groups is 3. The van der Waals surface area contributed by atoms with Crippen LogP contribution in [0.1, 0.15) is 19.8 Å². The molecule has 0 aromatic heterocycles. The lowest BCUT2D eigenvalue weighted by Gasteiger charge is -2.22. The molecule has 15 heavy (non-hydrogen) atoms. The van der Waals surface area contributed by atoms with Crippen LogP contribution in [0.2, 0.25) is 0 Å². The lowest BCUT2D eigenvalue weighted by Crippen LogP contribution is -2.42. The molecule has 0 aliphatic heterocycles. The van der Waals surface area contributed by atoms with Crippen molar-refractivity contribution in [2.75, 3.05) is 6.54 Å². The third-order valence-corrected chi connectivity index (χ3v) is 2.27. The first-order valence-corrected chi connectivity index (χ1v) is 4.37. The van der Waals surface area contributed by atoms with E-state index in [1.807, 2.05) is 0 Å². The first kappa shape index (κ1) is 13.2. The van der Waals surface area contributed by atoms with Crippen molar-refractivity contribution in [1.29, 1.82) is 0 Å². The van der Waals surface area contributed by atoms with Crippen molar-refractivity contribution in [1.82, 2.24) is 5.32 Å². The zero-order valence-corrected chi connectivity index (χ0v) is 8.32. The van der Waals surface area contributed by atoms with Gasteiger partial charge >= 0.3 is 18.0 Å². The summed E-state index contributed by atoms with van der Waals surface area (Å²) < 4.78 is 0. The minimum Gasteiger partial charge on any atom is -0.480 e. The molecule has 0 aromatic rings. The van der Waals surface area contributed by atoms with E-state index in [4.69, 9.17) is 15.9 Å². The first-order valence-electron chi connectivity index (χ1n) is 4.37. The number of carboxylic acids is 2. The van der Waals surface area contributed by atoms with Crippen LogP contribution >= 0.6 is 0 Å². The second-order valence-corrected chi connectivity index (χ2v) is 3.09. The SMILES string of the molecule is CCC(CCNC(N)=O)(C(=O)O)C(=O)O. The Kier molecular flexibility index (Phi) is 4.56. The van der Waals surface area contributed by atoms with E-state index < -0.39 is 23.4 Å². The predicted octanol–water partition coefficient (Wildman–Crippen LogP) is -0.390. The molecule has 0 bridgehead atoms. The molecule has 0 saturated heterocycles. The van der Waals surface area contributed by atoms with Crippen molar-refractivity contribution in [3.63, 3.8) is 0 Å². The average molecular weight is 218 g/mol. The summed E-state index contributed by atoms with van der Waals surface area (Å²) >= 11 is 0. The van der Waals surface area contributed by atoms with E-state index in [0.717, 1.165) is 0 Å². The van der Waals surface area contributed by atoms with Crippen molar-refractivity contribution in [2.45, 2.75) is 19.8 Å². The highest BCUT2D eigenvalue weighted by atomic mass is 16.4. The largest absolute Gasteiger partial charge is 0.480 e. The topological polar surface area (TPSA) is 130 Å². The second kappa shape index (κ2) is 5.18. The normalized spacial score (nSPS) is 10.7. The van der Waals surface area contributed by atoms with Gasteiger partial charge in [0.25, 0.3) is 0 Å². The number of carboxylic acid groups (broad SMARTS) is 2. The van der Waals surface area contributed by atoms with Gasteiger partial charge in [-0.25, -0.2) is 4.79 Å². The molecular formula is C8H14N2O5. The van der Waals surface area contributed by atoms with Crippen molar-refractivity contribution in [3.8, 4) is 0 Å². The Morgan fingerprint density at radius 3 is 2.00 bits per heavy atom. The lowest BCUT2D eigenvalue weighted by atomic mass is 9.82. The maximum Gasteiger partial charge on any atom is 0.321 e. The van der Waals surface area contributed by atoms with Crippen LogP contribution in [0.15, 0.2) is 0 Å². The zero-order chi connectivity index (χ0) is 12.1. The first-order chi connectivity index (χ1) is 6.86. The number of carbonyl (C=O) groups excluding carboxylic acids is 1. The molecule has 7 heteroatoms. The van der Waals surface area contributed by atoms with Crippen LogP contribution in [0.3, 0.4) is 0 Å². The Morgan fingerprint density at radius 2 is 1.73 bits per heavy atom. The minimum atomic E-state index is -1.86. The van der Waals surface area contributed by atoms with Crippen molar-refractivity contribution < 1.29 is 24.6 Å².